The van der Waals surface area contributed by atoms with E-state index in [1.165, 1.54) is 0 Å². The van der Waals surface area contributed by atoms with Crippen LogP contribution in [0.15, 0.2) is 24.3 Å². The number of aliphatic hydroxyl groups excluding tert-OH is 2. The van der Waals surface area contributed by atoms with Crippen LogP contribution in [0.3, 0.4) is 0 Å². The first kappa shape index (κ1) is 13.8. The largest absolute Gasteiger partial charge is 0.389 e. The van der Waals surface area contributed by atoms with Crippen LogP contribution in [0.4, 0.5) is 5.69 Å². The summed E-state index contributed by atoms with van der Waals surface area (Å²) in [5, 5.41) is 20.0. The van der Waals surface area contributed by atoms with Gasteiger partial charge in [-0.05, 0) is 17.7 Å². The fourth-order valence-corrected chi connectivity index (χ4v) is 2.39. The molecule has 0 spiro atoms. The fourth-order valence-electron chi connectivity index (χ4n) is 2.03. The summed E-state index contributed by atoms with van der Waals surface area (Å²) in [6.07, 6.45) is -1.64. The molecular weight excluding hydrogens is 298 g/mol. The summed E-state index contributed by atoms with van der Waals surface area (Å²) < 4.78 is 5.32. The van der Waals surface area contributed by atoms with Gasteiger partial charge in [0.1, 0.15) is 6.10 Å². The van der Waals surface area contributed by atoms with E-state index in [9.17, 15) is 10.2 Å². The van der Waals surface area contributed by atoms with Gasteiger partial charge in [0.15, 0.2) is 0 Å². The van der Waals surface area contributed by atoms with Crippen LogP contribution in [-0.4, -0.2) is 48.0 Å². The van der Waals surface area contributed by atoms with E-state index in [2.05, 4.69) is 20.8 Å². The van der Waals surface area contributed by atoms with Crippen LogP contribution in [0.2, 0.25) is 0 Å². The van der Waals surface area contributed by atoms with Crippen LogP contribution in [0, 0.1) is 0 Å². The van der Waals surface area contributed by atoms with Gasteiger partial charge in [-0.15, -0.1) is 0 Å². The zero-order valence-electron chi connectivity index (χ0n) is 10.1. The van der Waals surface area contributed by atoms with Crippen molar-refractivity contribution in [1.29, 1.82) is 0 Å². The topological polar surface area (TPSA) is 52.9 Å². The molecule has 0 aromatic heterocycles. The molecule has 100 valence electrons. The Morgan fingerprint density at radius 3 is 2.67 bits per heavy atom. The monoisotopic (exact) mass is 315 g/mol. The SMILES string of the molecule is OC(CBr)C(O)c1cccc(N2CCOCC2)c1. The summed E-state index contributed by atoms with van der Waals surface area (Å²) in [6, 6.07) is 7.69. The number of benzene rings is 1. The first-order chi connectivity index (χ1) is 8.72. The predicted molar refractivity (Wildman–Crippen MR) is 74.2 cm³/mol. The molecule has 5 heteroatoms. The average molecular weight is 316 g/mol. The van der Waals surface area contributed by atoms with Gasteiger partial charge in [-0.2, -0.15) is 0 Å². The summed E-state index contributed by atoms with van der Waals surface area (Å²) in [7, 11) is 0. The van der Waals surface area contributed by atoms with Crippen molar-refractivity contribution in [2.45, 2.75) is 12.2 Å². The second-order valence-corrected chi connectivity index (χ2v) is 5.01. The maximum absolute atomic E-state index is 9.99. The van der Waals surface area contributed by atoms with E-state index in [4.69, 9.17) is 4.74 Å². The Morgan fingerprint density at radius 2 is 2.00 bits per heavy atom. The van der Waals surface area contributed by atoms with Crippen molar-refractivity contribution in [1.82, 2.24) is 0 Å². The average Bonchev–Trinajstić information content (AvgIpc) is 2.46. The zero-order chi connectivity index (χ0) is 13.0. The van der Waals surface area contributed by atoms with Crippen LogP contribution in [0.25, 0.3) is 0 Å². The van der Waals surface area contributed by atoms with E-state index in [-0.39, 0.29) is 0 Å². The number of nitrogens with zero attached hydrogens (tertiary/aromatic N) is 1. The highest BCUT2D eigenvalue weighted by molar-refractivity contribution is 9.09. The number of ether oxygens (including phenoxy) is 1. The Balaban J connectivity index is 2.13. The van der Waals surface area contributed by atoms with Gasteiger partial charge in [-0.25, -0.2) is 0 Å². The Morgan fingerprint density at radius 1 is 1.28 bits per heavy atom. The van der Waals surface area contributed by atoms with Gasteiger partial charge >= 0.3 is 0 Å². The minimum atomic E-state index is -0.856. The van der Waals surface area contributed by atoms with Crippen LogP contribution in [0.1, 0.15) is 11.7 Å². The molecule has 1 aromatic rings. The number of hydrogen-bond acceptors (Lipinski definition) is 4. The zero-order valence-corrected chi connectivity index (χ0v) is 11.7. The van der Waals surface area contributed by atoms with Gasteiger partial charge in [-0.1, -0.05) is 28.1 Å². The minimum absolute atomic E-state index is 0.357. The molecular formula is C13H18BrNO3. The van der Waals surface area contributed by atoms with Crippen LogP contribution >= 0.6 is 15.9 Å². The third kappa shape index (κ3) is 3.23. The van der Waals surface area contributed by atoms with Gasteiger partial charge in [0.05, 0.1) is 19.3 Å². The lowest BCUT2D eigenvalue weighted by Gasteiger charge is -2.29. The fraction of sp³-hybridized carbons (Fsp3) is 0.538. The van der Waals surface area contributed by atoms with Crippen molar-refractivity contribution >= 4 is 21.6 Å². The number of anilines is 1. The van der Waals surface area contributed by atoms with Crippen LogP contribution in [0.5, 0.6) is 0 Å². The summed E-state index contributed by atoms with van der Waals surface area (Å²) >= 11 is 3.17. The second-order valence-electron chi connectivity index (χ2n) is 4.36. The van der Waals surface area contributed by atoms with Crippen LogP contribution < -0.4 is 4.90 Å². The number of alkyl halides is 1. The first-order valence-corrected chi connectivity index (χ1v) is 7.19. The normalized spacial score (nSPS) is 19.6. The molecule has 1 saturated heterocycles. The molecule has 0 aliphatic carbocycles. The maximum atomic E-state index is 9.99. The summed E-state index contributed by atoms with van der Waals surface area (Å²) in [4.78, 5) is 2.22. The number of aliphatic hydroxyl groups is 2. The van der Waals surface area contributed by atoms with Gasteiger partial charge in [0, 0.05) is 24.1 Å². The lowest BCUT2D eigenvalue weighted by Crippen LogP contribution is -2.36. The van der Waals surface area contributed by atoms with E-state index in [0.29, 0.717) is 5.33 Å². The molecule has 2 N–H and O–H groups in total. The third-order valence-corrected chi connectivity index (χ3v) is 3.77. The molecule has 1 aliphatic heterocycles. The van der Waals surface area contributed by atoms with E-state index in [0.717, 1.165) is 37.6 Å². The molecule has 4 nitrogen and oxygen atoms in total. The summed E-state index contributed by atoms with van der Waals surface area (Å²) in [6.45, 7) is 3.19. The van der Waals surface area contributed by atoms with Crippen molar-refractivity contribution in [2.75, 3.05) is 36.5 Å². The van der Waals surface area contributed by atoms with Gasteiger partial charge in [-0.3, -0.25) is 0 Å². The molecule has 0 radical (unpaired) electrons. The summed E-state index contributed by atoms with van der Waals surface area (Å²) in [5.41, 5.74) is 1.81. The van der Waals surface area contributed by atoms with Crippen molar-refractivity contribution in [3.05, 3.63) is 29.8 Å². The number of morpholine rings is 1. The number of hydrogen-bond donors (Lipinski definition) is 2. The highest BCUT2D eigenvalue weighted by Gasteiger charge is 2.18. The predicted octanol–water partition coefficient (Wildman–Crippen LogP) is 1.31. The highest BCUT2D eigenvalue weighted by atomic mass is 79.9. The smallest absolute Gasteiger partial charge is 0.106 e. The lowest BCUT2D eigenvalue weighted by atomic mass is 10.0. The number of rotatable bonds is 4. The molecule has 1 heterocycles. The first-order valence-electron chi connectivity index (χ1n) is 6.07. The number of halogens is 1. The second kappa shape index (κ2) is 6.52. The lowest BCUT2D eigenvalue weighted by molar-refractivity contribution is 0.0343. The van der Waals surface area contributed by atoms with Gasteiger partial charge in [0.2, 0.25) is 0 Å². The van der Waals surface area contributed by atoms with E-state index in [1.54, 1.807) is 0 Å². The molecule has 0 bridgehead atoms. The molecule has 0 amide bonds. The van der Waals surface area contributed by atoms with Gasteiger partial charge in [0.25, 0.3) is 0 Å². The Bertz CT molecular complexity index is 365. The Kier molecular flexibility index (Phi) is 5.00. The highest BCUT2D eigenvalue weighted by Crippen LogP contribution is 2.24. The molecule has 2 atom stereocenters. The van der Waals surface area contributed by atoms with E-state index < -0.39 is 12.2 Å². The Labute approximate surface area is 115 Å². The van der Waals surface area contributed by atoms with Crippen molar-refractivity contribution in [3.63, 3.8) is 0 Å². The molecule has 1 fully saturated rings. The molecule has 1 aliphatic rings. The van der Waals surface area contributed by atoms with E-state index >= 15 is 0 Å². The third-order valence-electron chi connectivity index (χ3n) is 3.11. The molecule has 2 rings (SSSR count). The molecule has 0 saturated carbocycles. The minimum Gasteiger partial charge on any atom is -0.389 e. The van der Waals surface area contributed by atoms with Crippen LogP contribution in [-0.2, 0) is 4.74 Å². The maximum Gasteiger partial charge on any atom is 0.106 e. The summed E-state index contributed by atoms with van der Waals surface area (Å²) in [5.74, 6) is 0. The Hall–Kier alpha value is -0.620. The standard InChI is InChI=1S/C13H18BrNO3/c14-9-12(16)13(17)10-2-1-3-11(8-10)15-4-6-18-7-5-15/h1-3,8,12-13,16-17H,4-7,9H2. The van der Waals surface area contributed by atoms with Crippen molar-refractivity contribution < 1.29 is 14.9 Å². The molecule has 1 aromatic carbocycles. The van der Waals surface area contributed by atoms with Crippen molar-refractivity contribution in [3.8, 4) is 0 Å². The van der Waals surface area contributed by atoms with Crippen molar-refractivity contribution in [2.24, 2.45) is 0 Å². The molecule has 2 unspecified atom stereocenters. The van der Waals surface area contributed by atoms with E-state index in [1.807, 2.05) is 24.3 Å². The molecule has 18 heavy (non-hydrogen) atoms. The van der Waals surface area contributed by atoms with Gasteiger partial charge < -0.3 is 19.8 Å². The quantitative estimate of drug-likeness (QED) is 0.823.